The second kappa shape index (κ2) is 8.18. The number of hydrogen-bond acceptors (Lipinski definition) is 5. The second-order valence-electron chi connectivity index (χ2n) is 6.14. The van der Waals surface area contributed by atoms with Crippen molar-refractivity contribution in [1.29, 1.82) is 0 Å². The van der Waals surface area contributed by atoms with Gasteiger partial charge in [-0.15, -0.1) is 0 Å². The highest BCUT2D eigenvalue weighted by Crippen LogP contribution is 2.32. The molecule has 0 saturated carbocycles. The summed E-state index contributed by atoms with van der Waals surface area (Å²) >= 11 is 6.25. The number of rotatable bonds is 5. The summed E-state index contributed by atoms with van der Waals surface area (Å²) in [6.45, 7) is 2.18. The van der Waals surface area contributed by atoms with Crippen LogP contribution in [0.3, 0.4) is 0 Å². The SMILES string of the molecule is CCOc1ccc(-c2nn(-c3ccccc3)cc2/C=C2\SC(=S)NC2=O)cc1F. The molecule has 4 rings (SSSR count). The summed E-state index contributed by atoms with van der Waals surface area (Å²) in [7, 11) is 0. The number of ether oxygens (including phenoxy) is 1. The highest BCUT2D eigenvalue weighted by atomic mass is 32.2. The first-order chi connectivity index (χ1) is 14.0. The molecule has 0 aliphatic carbocycles. The van der Waals surface area contributed by atoms with Crippen molar-refractivity contribution < 1.29 is 13.9 Å². The number of para-hydroxylation sites is 1. The largest absolute Gasteiger partial charge is 0.491 e. The van der Waals surface area contributed by atoms with Crippen molar-refractivity contribution in [2.24, 2.45) is 0 Å². The maximum Gasteiger partial charge on any atom is 0.263 e. The number of nitrogens with one attached hydrogen (secondary N) is 1. The summed E-state index contributed by atoms with van der Waals surface area (Å²) in [5, 5.41) is 7.24. The van der Waals surface area contributed by atoms with E-state index in [1.54, 1.807) is 36.0 Å². The molecule has 5 nitrogen and oxygen atoms in total. The summed E-state index contributed by atoms with van der Waals surface area (Å²) in [6.07, 6.45) is 3.52. The first-order valence-electron chi connectivity index (χ1n) is 8.88. The third kappa shape index (κ3) is 4.08. The van der Waals surface area contributed by atoms with Crippen molar-refractivity contribution in [3.8, 4) is 22.7 Å². The lowest BCUT2D eigenvalue weighted by atomic mass is 10.1. The van der Waals surface area contributed by atoms with Gasteiger partial charge in [-0.2, -0.15) is 5.10 Å². The number of thiocarbonyl (C=S) groups is 1. The van der Waals surface area contributed by atoms with Gasteiger partial charge in [-0.3, -0.25) is 4.79 Å². The molecule has 1 N–H and O–H groups in total. The summed E-state index contributed by atoms with van der Waals surface area (Å²) < 4.78 is 21.8. The van der Waals surface area contributed by atoms with E-state index >= 15 is 0 Å². The quantitative estimate of drug-likeness (QED) is 0.480. The number of aromatic nitrogens is 2. The summed E-state index contributed by atoms with van der Waals surface area (Å²) in [5.74, 6) is -0.530. The minimum absolute atomic E-state index is 0.190. The van der Waals surface area contributed by atoms with Crippen LogP contribution in [0.4, 0.5) is 4.39 Å². The average Bonchev–Trinajstić information content (AvgIpc) is 3.27. The Morgan fingerprint density at radius 1 is 1.28 bits per heavy atom. The molecular weight excluding hydrogens is 409 g/mol. The van der Waals surface area contributed by atoms with Crippen LogP contribution in [0.2, 0.25) is 0 Å². The summed E-state index contributed by atoms with van der Waals surface area (Å²) in [6, 6.07) is 14.3. The molecule has 2 heterocycles. The fourth-order valence-corrected chi connectivity index (χ4v) is 3.95. The molecule has 3 aromatic rings. The van der Waals surface area contributed by atoms with Gasteiger partial charge in [-0.05, 0) is 43.3 Å². The normalized spacial score (nSPS) is 15.0. The molecule has 0 spiro atoms. The van der Waals surface area contributed by atoms with E-state index in [4.69, 9.17) is 17.0 Å². The predicted molar refractivity (Wildman–Crippen MR) is 116 cm³/mol. The lowest BCUT2D eigenvalue weighted by Crippen LogP contribution is -2.17. The lowest BCUT2D eigenvalue weighted by molar-refractivity contribution is -0.115. The van der Waals surface area contributed by atoms with E-state index < -0.39 is 5.82 Å². The smallest absolute Gasteiger partial charge is 0.263 e. The predicted octanol–water partition coefficient (Wildman–Crippen LogP) is 4.57. The first kappa shape index (κ1) is 19.4. The molecule has 1 amide bonds. The van der Waals surface area contributed by atoms with Crippen molar-refractivity contribution in [3.05, 3.63) is 71.0 Å². The Bertz CT molecular complexity index is 1130. The third-order valence-corrected chi connectivity index (χ3v) is 5.36. The molecule has 29 heavy (non-hydrogen) atoms. The number of thioether (sulfide) groups is 1. The summed E-state index contributed by atoms with van der Waals surface area (Å²) in [4.78, 5) is 12.6. The van der Waals surface area contributed by atoms with Crippen LogP contribution in [-0.4, -0.2) is 26.6 Å². The average molecular weight is 426 g/mol. The van der Waals surface area contributed by atoms with Crippen molar-refractivity contribution in [1.82, 2.24) is 15.1 Å². The van der Waals surface area contributed by atoms with Crippen molar-refractivity contribution >= 4 is 40.3 Å². The highest BCUT2D eigenvalue weighted by Gasteiger charge is 2.23. The van der Waals surface area contributed by atoms with Gasteiger partial charge in [-0.1, -0.05) is 42.2 Å². The Balaban J connectivity index is 1.82. The molecule has 1 fully saturated rings. The van der Waals surface area contributed by atoms with Gasteiger partial charge in [0.15, 0.2) is 11.6 Å². The van der Waals surface area contributed by atoms with Gasteiger partial charge in [0.25, 0.3) is 5.91 Å². The topological polar surface area (TPSA) is 56.1 Å². The van der Waals surface area contributed by atoms with Gasteiger partial charge in [-0.25, -0.2) is 9.07 Å². The molecular formula is C21H16FN3O2S2. The zero-order valence-corrected chi connectivity index (χ0v) is 17.0. The van der Waals surface area contributed by atoms with Gasteiger partial charge in [0.05, 0.1) is 17.2 Å². The van der Waals surface area contributed by atoms with E-state index in [1.807, 2.05) is 30.3 Å². The molecule has 2 aromatic carbocycles. The molecule has 8 heteroatoms. The number of carbonyl (C=O) groups is 1. The first-order valence-corrected chi connectivity index (χ1v) is 10.1. The van der Waals surface area contributed by atoms with E-state index in [9.17, 15) is 9.18 Å². The summed E-state index contributed by atoms with van der Waals surface area (Å²) in [5.41, 5.74) is 2.66. The van der Waals surface area contributed by atoms with Crippen LogP contribution in [0.15, 0.2) is 59.6 Å². The number of hydrogen-bond donors (Lipinski definition) is 1. The van der Waals surface area contributed by atoms with Crippen LogP contribution in [-0.2, 0) is 4.79 Å². The number of nitrogens with zero attached hydrogens (tertiary/aromatic N) is 2. The zero-order valence-electron chi connectivity index (χ0n) is 15.4. The van der Waals surface area contributed by atoms with Crippen molar-refractivity contribution in [2.45, 2.75) is 6.92 Å². The van der Waals surface area contributed by atoms with Gasteiger partial charge in [0.1, 0.15) is 10.0 Å². The Hall–Kier alpha value is -2.97. The number of halogens is 1. The van der Waals surface area contributed by atoms with E-state index in [1.165, 1.54) is 17.8 Å². The monoisotopic (exact) mass is 425 g/mol. The third-order valence-electron chi connectivity index (χ3n) is 4.20. The highest BCUT2D eigenvalue weighted by molar-refractivity contribution is 8.26. The van der Waals surface area contributed by atoms with E-state index in [0.717, 1.165) is 5.69 Å². The number of benzene rings is 2. The molecule has 1 aliphatic rings. The lowest BCUT2D eigenvalue weighted by Gasteiger charge is -2.06. The van der Waals surface area contributed by atoms with Gasteiger partial charge in [0.2, 0.25) is 0 Å². The van der Waals surface area contributed by atoms with E-state index in [0.29, 0.717) is 32.7 Å². The van der Waals surface area contributed by atoms with Crippen molar-refractivity contribution in [3.63, 3.8) is 0 Å². The van der Waals surface area contributed by atoms with Gasteiger partial charge in [0, 0.05) is 17.3 Å². The second-order valence-corrected chi connectivity index (χ2v) is 7.86. The molecule has 0 unspecified atom stereocenters. The fourth-order valence-electron chi connectivity index (χ4n) is 2.91. The van der Waals surface area contributed by atoms with E-state index in [-0.39, 0.29) is 11.7 Å². The van der Waals surface area contributed by atoms with Crippen LogP contribution >= 0.6 is 24.0 Å². The zero-order chi connectivity index (χ0) is 20.4. The van der Waals surface area contributed by atoms with Gasteiger partial charge < -0.3 is 10.1 Å². The molecule has 0 bridgehead atoms. The molecule has 0 radical (unpaired) electrons. The molecule has 1 aliphatic heterocycles. The van der Waals surface area contributed by atoms with Crippen LogP contribution in [0.1, 0.15) is 12.5 Å². The fraction of sp³-hybridized carbons (Fsp3) is 0.0952. The van der Waals surface area contributed by atoms with Crippen LogP contribution < -0.4 is 10.1 Å². The maximum absolute atomic E-state index is 14.4. The minimum atomic E-state index is -0.466. The number of amides is 1. The Kier molecular flexibility index (Phi) is 5.46. The molecule has 1 saturated heterocycles. The standard InChI is InChI=1S/C21H16FN3O2S2/c1-2-27-17-9-8-13(10-16(17)22)19-14(11-18-20(26)23-21(28)29-18)12-25(24-19)15-6-4-3-5-7-15/h3-12H,2H2,1H3,(H,23,26,28)/b18-11-. The molecule has 0 atom stereocenters. The minimum Gasteiger partial charge on any atom is -0.491 e. The van der Waals surface area contributed by atoms with Crippen LogP contribution in [0.5, 0.6) is 5.75 Å². The number of carbonyl (C=O) groups excluding carboxylic acids is 1. The maximum atomic E-state index is 14.4. The van der Waals surface area contributed by atoms with Crippen LogP contribution in [0, 0.1) is 5.82 Å². The van der Waals surface area contributed by atoms with Crippen molar-refractivity contribution in [2.75, 3.05) is 6.61 Å². The molecule has 1 aromatic heterocycles. The molecule has 146 valence electrons. The van der Waals surface area contributed by atoms with Gasteiger partial charge >= 0.3 is 0 Å². The Morgan fingerprint density at radius 2 is 2.07 bits per heavy atom. The van der Waals surface area contributed by atoms with E-state index in [2.05, 4.69) is 10.4 Å². The van der Waals surface area contributed by atoms with Crippen LogP contribution in [0.25, 0.3) is 23.0 Å². The Labute approximate surface area is 176 Å². The Morgan fingerprint density at radius 3 is 2.72 bits per heavy atom.